The fourth-order valence-corrected chi connectivity index (χ4v) is 7.50. The average molecular weight is 1550 g/mol. The summed E-state index contributed by atoms with van der Waals surface area (Å²) >= 11 is 4.24. The number of nitrogens with zero attached hydrogens (tertiary/aromatic N) is 4. The number of halogens is 2. The minimum atomic E-state index is -0.806. The van der Waals surface area contributed by atoms with E-state index in [0.717, 1.165) is 77.2 Å². The number of nitrogens with one attached hydrogen (secondary N) is 5. The Morgan fingerprint density at radius 1 is 0.531 bits per heavy atom. The molecule has 0 unspecified atom stereocenters. The van der Waals surface area contributed by atoms with Crippen LogP contribution in [0, 0.1) is 0 Å². The fourth-order valence-electron chi connectivity index (χ4n) is 7.50. The Morgan fingerprint density at radius 2 is 0.938 bits per heavy atom. The van der Waals surface area contributed by atoms with Crippen LogP contribution in [0.2, 0.25) is 0 Å². The number of amides is 6. The first kappa shape index (κ1) is 94.4. The lowest BCUT2D eigenvalue weighted by Gasteiger charge is -2.26. The number of benzene rings is 6. The van der Waals surface area contributed by atoms with E-state index in [2.05, 4.69) is 107 Å². The van der Waals surface area contributed by atoms with Gasteiger partial charge in [0.1, 0.15) is 11.2 Å². The standard InChI is InChI=1S/C23H29N3O4.C18H19N3O.C13H20N2O2.C10H9NO2.6C2H6.I2/c1-6-16-10-8-12-18(14-16)20(27)24-21(28)26(25-22(29)30-23(3,4)5)19-13-9-11-17(7-2)15-19;1-3-13-7-5-9-15(11-13)17-19-18(22)21(20-17)16-10-6-8-14(4-2)12-16;1-5-10-7-6-8-11(9-10)14-15-12(16)17-13(2,3)4;1-2-8-4-3-5-9(6-8)10(13)11-7-12;7*1-2/h8-15H,6-7H2,1-5H3,(H,25,29)(H,24,27,28);5-12H,3-4H2,1-2H3,(H,19,20,22);6-9,14H,5H2,1-4H3,(H,15,16);3-6H,2H2,1H3;6*1-2H3;. The number of aromatic amines is 1. The predicted octanol–water partition coefficient (Wildman–Crippen LogP) is 20.7. The van der Waals surface area contributed by atoms with Gasteiger partial charge in [0, 0.05) is 53.9 Å². The molecule has 7 rings (SSSR count). The molecule has 6 amide bonds. The molecule has 6 aromatic carbocycles. The zero-order valence-corrected chi connectivity index (χ0v) is 66.1. The molecule has 0 saturated heterocycles. The maximum absolute atomic E-state index is 12.9. The summed E-state index contributed by atoms with van der Waals surface area (Å²) in [7, 11) is 0. The second-order valence-corrected chi connectivity index (χ2v) is 20.4. The van der Waals surface area contributed by atoms with Crippen LogP contribution in [0.15, 0.2) is 155 Å². The molecule has 18 nitrogen and oxygen atoms in total. The number of isocyanates is 1. The van der Waals surface area contributed by atoms with Crippen LogP contribution in [-0.4, -0.2) is 62.1 Å². The maximum atomic E-state index is 12.9. The molecule has 0 atom stereocenters. The second-order valence-electron chi connectivity index (χ2n) is 20.4. The number of H-pyrrole nitrogens is 1. The van der Waals surface area contributed by atoms with E-state index in [0.29, 0.717) is 22.6 Å². The molecule has 0 saturated carbocycles. The average Bonchev–Trinajstić information content (AvgIpc) is 1.34. The molecule has 0 aliphatic rings. The third-order valence-corrected chi connectivity index (χ3v) is 11.8. The molecule has 1 aromatic heterocycles. The van der Waals surface area contributed by atoms with E-state index in [4.69, 9.17) is 9.47 Å². The first-order valence-corrected chi connectivity index (χ1v) is 39.7. The number of carbonyl (C=O) groups excluding carboxylic acids is 6. The topological polar surface area (TPSA) is 235 Å². The number of hydrogen-bond acceptors (Lipinski definition) is 11. The van der Waals surface area contributed by atoms with E-state index in [1.54, 1.807) is 75.4 Å². The number of ether oxygens (including phenoxy) is 2. The summed E-state index contributed by atoms with van der Waals surface area (Å²) in [5.74, 6) is -0.495. The van der Waals surface area contributed by atoms with Gasteiger partial charge in [0.2, 0.25) is 6.08 Å². The van der Waals surface area contributed by atoms with Crippen LogP contribution in [0.5, 0.6) is 0 Å². The molecule has 0 aliphatic heterocycles. The number of imide groups is 1. The van der Waals surface area contributed by atoms with Crippen molar-refractivity contribution in [3.8, 4) is 17.1 Å². The number of urea groups is 1. The first-order chi connectivity index (χ1) is 46.0. The predicted molar refractivity (Wildman–Crippen MR) is 418 cm³/mol. The summed E-state index contributed by atoms with van der Waals surface area (Å²) in [4.78, 5) is 88.2. The summed E-state index contributed by atoms with van der Waals surface area (Å²) < 4.78 is 11.8. The SMILES string of the molecule is CC.CC.CC.CC.CC.CC.CCc1cccc(-c2nn(-c3cccc(CC)c3)c(=O)[nH]2)c1.CCc1cccc(C(=O)N=C=O)c1.CCc1cccc(C(=O)NC(=O)N(NC(=O)OC(C)(C)C)c2cccc(CC)c2)c1.CCc1cccc(NNC(=O)OC(C)(C)C)c1.II. The Balaban J connectivity index is -0.000000571. The molecule has 20 heteroatoms. The highest BCUT2D eigenvalue weighted by Crippen LogP contribution is 2.20. The zero-order valence-electron chi connectivity index (χ0n) is 61.8. The van der Waals surface area contributed by atoms with Gasteiger partial charge in [-0.1, -0.05) is 203 Å². The smallest absolute Gasteiger partial charge is 0.427 e. The van der Waals surface area contributed by atoms with Crippen LogP contribution in [0.1, 0.15) is 220 Å². The Kier molecular flexibility index (Phi) is 55.3. The van der Waals surface area contributed by atoms with Crippen molar-refractivity contribution in [2.45, 2.75) is 216 Å². The summed E-state index contributed by atoms with van der Waals surface area (Å²) in [6, 6.07) is 44.2. The summed E-state index contributed by atoms with van der Waals surface area (Å²) in [6.07, 6.45) is 5.15. The van der Waals surface area contributed by atoms with Crippen LogP contribution in [0.25, 0.3) is 17.1 Å². The fraction of sp³-hybridized carbons (Fsp3) is 0.421. The van der Waals surface area contributed by atoms with E-state index in [9.17, 15) is 33.6 Å². The van der Waals surface area contributed by atoms with Crippen LogP contribution >= 0.6 is 37.2 Å². The third-order valence-electron chi connectivity index (χ3n) is 11.8. The summed E-state index contributed by atoms with van der Waals surface area (Å²) in [5.41, 5.74) is 16.7. The molecule has 7 aromatic rings. The number of hydrogen-bond donors (Lipinski definition) is 5. The molecule has 0 bridgehead atoms. The Labute approximate surface area is 598 Å². The summed E-state index contributed by atoms with van der Waals surface area (Å²) in [5, 5.41) is 7.76. The van der Waals surface area contributed by atoms with E-state index in [1.165, 1.54) is 27.5 Å². The minimum Gasteiger partial charge on any atom is -0.443 e. The molecular weight excluding hydrogens is 1440 g/mol. The van der Waals surface area contributed by atoms with Crippen molar-refractivity contribution < 1.29 is 38.2 Å². The van der Waals surface area contributed by atoms with E-state index in [1.807, 2.05) is 203 Å². The van der Waals surface area contributed by atoms with Gasteiger partial charge in [0.15, 0.2) is 5.82 Å². The molecule has 5 N–H and O–H groups in total. The lowest BCUT2D eigenvalue weighted by atomic mass is 10.1. The number of carbonyl (C=O) groups is 5. The Bertz CT molecular complexity index is 3380. The monoisotopic (exact) mass is 1550 g/mol. The Morgan fingerprint density at radius 3 is 1.43 bits per heavy atom. The number of hydrazine groups is 2. The number of aromatic nitrogens is 3. The number of rotatable bonds is 13. The van der Waals surface area contributed by atoms with Crippen molar-refractivity contribution in [1.82, 2.24) is 30.9 Å². The molecule has 0 aliphatic carbocycles. The van der Waals surface area contributed by atoms with Crippen LogP contribution in [-0.2, 0) is 52.8 Å². The van der Waals surface area contributed by atoms with Crippen LogP contribution in [0.4, 0.5) is 25.8 Å². The van der Waals surface area contributed by atoms with Crippen LogP contribution < -0.4 is 32.3 Å². The number of aliphatic imine (C=N–C) groups is 1. The van der Waals surface area contributed by atoms with Crippen molar-refractivity contribution in [2.75, 3.05) is 10.4 Å². The minimum absolute atomic E-state index is 0.217. The molecule has 530 valence electrons. The van der Waals surface area contributed by atoms with Crippen molar-refractivity contribution in [2.24, 2.45) is 4.99 Å². The first-order valence-electron chi connectivity index (χ1n) is 33.4. The van der Waals surface area contributed by atoms with E-state index in [-0.39, 0.29) is 5.69 Å². The summed E-state index contributed by atoms with van der Waals surface area (Å²) in [6.45, 7) is 46.9. The molecule has 1 heterocycles. The highest BCUT2D eigenvalue weighted by atomic mass is 128. The third kappa shape index (κ3) is 39.2. The van der Waals surface area contributed by atoms with Gasteiger partial charge in [0.05, 0.1) is 17.1 Å². The van der Waals surface area contributed by atoms with Gasteiger partial charge in [0.25, 0.3) is 11.8 Å². The van der Waals surface area contributed by atoms with Gasteiger partial charge < -0.3 is 9.47 Å². The van der Waals surface area contributed by atoms with Crippen molar-refractivity contribution in [1.29, 1.82) is 0 Å². The quantitative estimate of drug-likeness (QED) is 0.0315. The highest BCUT2D eigenvalue weighted by Gasteiger charge is 2.25. The lowest BCUT2D eigenvalue weighted by Crippen LogP contribution is -2.53. The Hall–Kier alpha value is -7.95. The van der Waals surface area contributed by atoms with E-state index >= 15 is 0 Å². The largest absolute Gasteiger partial charge is 0.443 e. The molecular formula is C76H113I2N9O9. The molecule has 0 spiro atoms. The van der Waals surface area contributed by atoms with Crippen molar-refractivity contribution in [3.63, 3.8) is 0 Å². The van der Waals surface area contributed by atoms with Crippen molar-refractivity contribution >= 4 is 84.7 Å². The van der Waals surface area contributed by atoms with E-state index < -0.39 is 41.2 Å². The van der Waals surface area contributed by atoms with Crippen molar-refractivity contribution in [3.05, 3.63) is 201 Å². The van der Waals surface area contributed by atoms with Gasteiger partial charge in [-0.25, -0.2) is 34.8 Å². The normalized spacial score (nSPS) is 9.44. The zero-order chi connectivity index (χ0) is 74.4. The van der Waals surface area contributed by atoms with Gasteiger partial charge in [-0.3, -0.25) is 25.3 Å². The van der Waals surface area contributed by atoms with Gasteiger partial charge in [-0.05, 0) is 180 Å². The second kappa shape index (κ2) is 56.2. The number of aryl methyl sites for hydroxylation is 6. The molecule has 0 fully saturated rings. The number of anilines is 2. The van der Waals surface area contributed by atoms with Gasteiger partial charge in [-0.15, -0.1) is 10.1 Å². The highest BCUT2D eigenvalue weighted by molar-refractivity contribution is 15.0. The van der Waals surface area contributed by atoms with Gasteiger partial charge >= 0.3 is 23.9 Å². The molecule has 0 radical (unpaired) electrons. The maximum Gasteiger partial charge on any atom is 0.427 e. The van der Waals surface area contributed by atoms with Crippen LogP contribution in [0.3, 0.4) is 0 Å². The van der Waals surface area contributed by atoms with Gasteiger partial charge in [-0.2, -0.15) is 9.69 Å². The molecule has 96 heavy (non-hydrogen) atoms. The lowest BCUT2D eigenvalue weighted by molar-refractivity contribution is 0.0518.